The van der Waals surface area contributed by atoms with E-state index in [4.69, 9.17) is 9.47 Å². The van der Waals surface area contributed by atoms with Crippen molar-refractivity contribution in [3.05, 3.63) is 51.2 Å². The van der Waals surface area contributed by atoms with E-state index < -0.39 is 31.9 Å². The Morgan fingerprint density at radius 1 is 1.24 bits per heavy atom. The van der Waals surface area contributed by atoms with E-state index >= 15 is 0 Å². The van der Waals surface area contributed by atoms with E-state index in [0.29, 0.717) is 17.9 Å². The molecule has 3 amide bonds. The Kier molecular flexibility index (Phi) is 9.58. The van der Waals surface area contributed by atoms with Crippen LogP contribution in [0.25, 0.3) is 0 Å². The van der Waals surface area contributed by atoms with E-state index in [1.54, 1.807) is 12.3 Å². The second-order valence-corrected chi connectivity index (χ2v) is 16.7. The molecule has 2 heterocycles. The maximum atomic E-state index is 13.3. The fraction of sp³-hybridized carbons (Fsp3) is 0.458. The fourth-order valence-corrected chi connectivity index (χ4v) is 4.81. The lowest BCUT2D eigenvalue weighted by molar-refractivity contribution is -0.137. The topological polar surface area (TPSA) is 84.0 Å². The van der Waals surface area contributed by atoms with Crippen molar-refractivity contribution in [3.63, 3.8) is 0 Å². The van der Waals surface area contributed by atoms with Crippen LogP contribution in [0.2, 0.25) is 25.7 Å². The monoisotopic (exact) mass is 650 g/mol. The molecule has 0 radical (unpaired) electrons. The molecule has 1 aromatic heterocycles. The lowest BCUT2D eigenvalue weighted by atomic mass is 10.1. The molecule has 8 nitrogen and oxygen atoms in total. The third-order valence-electron chi connectivity index (χ3n) is 5.69. The zero-order valence-electron chi connectivity index (χ0n) is 21.1. The van der Waals surface area contributed by atoms with Crippen molar-refractivity contribution < 1.29 is 32.2 Å². The van der Waals surface area contributed by atoms with Crippen LogP contribution in [-0.4, -0.2) is 58.6 Å². The van der Waals surface area contributed by atoms with Crippen molar-refractivity contribution >= 4 is 54.1 Å². The highest BCUT2D eigenvalue weighted by molar-refractivity contribution is 14.1. The molecule has 202 valence electrons. The lowest BCUT2D eigenvalue weighted by Gasteiger charge is -2.35. The third-order valence-corrected chi connectivity index (χ3v) is 7.98. The van der Waals surface area contributed by atoms with Gasteiger partial charge in [0.2, 0.25) is 5.91 Å². The minimum Gasteiger partial charge on any atom is -0.382 e. The molecule has 0 fully saturated rings. The second kappa shape index (κ2) is 12.1. The van der Waals surface area contributed by atoms with E-state index in [1.165, 1.54) is 29.0 Å². The van der Waals surface area contributed by atoms with Gasteiger partial charge in [0, 0.05) is 31.6 Å². The number of anilines is 2. The highest BCUT2D eigenvalue weighted by Crippen LogP contribution is 2.34. The largest absolute Gasteiger partial charge is 0.416 e. The summed E-state index contributed by atoms with van der Waals surface area (Å²) in [6, 6.07) is 5.83. The second-order valence-electron chi connectivity index (χ2n) is 9.83. The summed E-state index contributed by atoms with van der Waals surface area (Å²) in [6.45, 7) is 7.04. The number of amides is 3. The Morgan fingerprint density at radius 3 is 2.51 bits per heavy atom. The van der Waals surface area contributed by atoms with Crippen LogP contribution in [-0.2, 0) is 20.4 Å². The number of fused-ring (bicyclic) bond motifs is 1. The molecule has 0 aliphatic carbocycles. The predicted octanol–water partition coefficient (Wildman–Crippen LogP) is 5.27. The van der Waals surface area contributed by atoms with E-state index in [-0.39, 0.29) is 31.6 Å². The number of carbonyl (C=O) groups excluding carboxylic acids is 2. The molecule has 1 N–H and O–H groups in total. The number of urea groups is 1. The predicted molar refractivity (Wildman–Crippen MR) is 145 cm³/mol. The normalized spacial score (nSPS) is 15.0. The highest BCUT2D eigenvalue weighted by atomic mass is 127. The average molecular weight is 651 g/mol. The number of methoxy groups -OCH3 is 1. The Labute approximate surface area is 228 Å². The van der Waals surface area contributed by atoms with Crippen molar-refractivity contribution in [1.29, 1.82) is 0 Å². The van der Waals surface area contributed by atoms with Gasteiger partial charge in [-0.1, -0.05) is 31.8 Å². The van der Waals surface area contributed by atoms with Gasteiger partial charge >= 0.3 is 12.2 Å². The van der Waals surface area contributed by atoms with Crippen LogP contribution in [0.1, 0.15) is 17.2 Å². The van der Waals surface area contributed by atoms with Crippen LogP contribution in [0.3, 0.4) is 0 Å². The Morgan fingerprint density at radius 2 is 1.92 bits per heavy atom. The van der Waals surface area contributed by atoms with Crippen LogP contribution >= 0.6 is 22.6 Å². The maximum Gasteiger partial charge on any atom is 0.416 e. The first kappa shape index (κ1) is 29.3. The van der Waals surface area contributed by atoms with Crippen molar-refractivity contribution in [2.45, 2.75) is 37.9 Å². The highest BCUT2D eigenvalue weighted by Gasteiger charge is 2.35. The van der Waals surface area contributed by atoms with Crippen LogP contribution < -0.4 is 15.1 Å². The molecular formula is C24H30F3IN4O4Si. The van der Waals surface area contributed by atoms with Gasteiger partial charge in [0.15, 0.2) is 5.82 Å². The Bertz CT molecular complexity index is 1110. The van der Waals surface area contributed by atoms with E-state index in [2.05, 4.69) is 52.5 Å². The standard InChI is InChI=1S/C24H30F3IN4O4Si/c1-35-14-19(16-5-7-17(8-6-16)24(25,26)27)30-23(34)31-13-21(33)32(15-36-9-10-37(2,3)4)20-11-18(28)12-29-22(20)31/h5-8,11-12,19H,9-10,13-15H2,1-4H3,(H,30,34). The van der Waals surface area contributed by atoms with Gasteiger partial charge in [-0.15, -0.1) is 0 Å². The molecule has 37 heavy (non-hydrogen) atoms. The minimum absolute atomic E-state index is 0.0168. The third kappa shape index (κ3) is 7.88. The summed E-state index contributed by atoms with van der Waals surface area (Å²) < 4.78 is 50.6. The summed E-state index contributed by atoms with van der Waals surface area (Å²) in [6.07, 6.45) is -2.88. The average Bonchev–Trinajstić information content (AvgIpc) is 2.81. The van der Waals surface area contributed by atoms with Crippen molar-refractivity contribution in [2.24, 2.45) is 0 Å². The first-order valence-electron chi connectivity index (χ1n) is 11.6. The molecule has 0 saturated carbocycles. The molecule has 1 aliphatic rings. The van der Waals surface area contributed by atoms with Gasteiger partial charge in [-0.05, 0) is 52.4 Å². The summed E-state index contributed by atoms with van der Waals surface area (Å²) in [4.78, 5) is 33.4. The van der Waals surface area contributed by atoms with Gasteiger partial charge in [-0.25, -0.2) is 9.78 Å². The van der Waals surface area contributed by atoms with Crippen molar-refractivity contribution in [2.75, 3.05) is 43.4 Å². The first-order valence-corrected chi connectivity index (χ1v) is 16.4. The number of alkyl halides is 3. The molecule has 13 heteroatoms. The molecule has 1 atom stereocenters. The van der Waals surface area contributed by atoms with Crippen LogP contribution in [0, 0.1) is 3.57 Å². The number of ether oxygens (including phenoxy) is 2. The molecule has 1 unspecified atom stereocenters. The Balaban J connectivity index is 1.79. The molecule has 3 rings (SSSR count). The molecule has 1 aliphatic heterocycles. The summed E-state index contributed by atoms with van der Waals surface area (Å²) in [7, 11) is 0.123. The van der Waals surface area contributed by atoms with Gasteiger partial charge in [0.1, 0.15) is 13.3 Å². The van der Waals surface area contributed by atoms with Gasteiger partial charge in [-0.2, -0.15) is 13.2 Å². The summed E-state index contributed by atoms with van der Waals surface area (Å²) in [5.74, 6) is -0.0489. The minimum atomic E-state index is -4.47. The fourth-order valence-electron chi connectivity index (χ4n) is 3.62. The smallest absolute Gasteiger partial charge is 0.382 e. The van der Waals surface area contributed by atoms with E-state index in [9.17, 15) is 22.8 Å². The molecule has 0 saturated heterocycles. The van der Waals surface area contributed by atoms with Gasteiger partial charge < -0.3 is 14.8 Å². The van der Waals surface area contributed by atoms with Crippen LogP contribution in [0.5, 0.6) is 0 Å². The van der Waals surface area contributed by atoms with Gasteiger partial charge in [0.05, 0.1) is 23.9 Å². The number of hydrogen-bond donors (Lipinski definition) is 1. The number of nitrogens with zero attached hydrogens (tertiary/aromatic N) is 3. The zero-order chi connectivity index (χ0) is 27.4. The number of aromatic nitrogens is 1. The summed E-state index contributed by atoms with van der Waals surface area (Å²) >= 11 is 2.08. The number of benzene rings is 1. The quantitative estimate of drug-likeness (QED) is 0.227. The molecule has 1 aromatic carbocycles. The number of nitrogens with one attached hydrogen (secondary N) is 1. The summed E-state index contributed by atoms with van der Waals surface area (Å²) in [5, 5.41) is 2.76. The zero-order valence-corrected chi connectivity index (χ0v) is 24.2. The Hall–Kier alpha value is -2.23. The van der Waals surface area contributed by atoms with Gasteiger partial charge in [0.25, 0.3) is 0 Å². The molecule has 0 bridgehead atoms. The van der Waals surface area contributed by atoms with E-state index in [0.717, 1.165) is 21.7 Å². The molecular weight excluding hydrogens is 620 g/mol. The first-order chi connectivity index (χ1) is 17.3. The summed E-state index contributed by atoms with van der Waals surface area (Å²) in [5.41, 5.74) is 0.0872. The van der Waals surface area contributed by atoms with Gasteiger partial charge in [-0.3, -0.25) is 14.6 Å². The molecule has 0 spiro atoms. The van der Waals surface area contributed by atoms with Crippen molar-refractivity contribution in [1.82, 2.24) is 10.3 Å². The number of rotatable bonds is 9. The number of halogens is 4. The SMILES string of the molecule is COCC(NC(=O)N1CC(=O)N(COCC[Si](C)(C)C)c2cc(I)cnc21)c1ccc(C(F)(F)F)cc1. The number of hydrogen-bond acceptors (Lipinski definition) is 5. The van der Waals surface area contributed by atoms with Crippen LogP contribution in [0.15, 0.2) is 36.5 Å². The van der Waals surface area contributed by atoms with Crippen molar-refractivity contribution in [3.8, 4) is 0 Å². The van der Waals surface area contributed by atoms with E-state index in [1.807, 2.05) is 0 Å². The lowest BCUT2D eigenvalue weighted by Crippen LogP contribution is -2.53. The number of pyridine rings is 1. The maximum absolute atomic E-state index is 13.3. The van der Waals surface area contributed by atoms with Crippen LogP contribution in [0.4, 0.5) is 29.5 Å². The number of carbonyl (C=O) groups is 2. The molecule has 2 aromatic rings.